The molecule has 2 heteroatoms. The van der Waals surface area contributed by atoms with Crippen LogP contribution in [0.2, 0.25) is 0 Å². The van der Waals surface area contributed by atoms with Gasteiger partial charge in [-0.05, 0) is 54.9 Å². The van der Waals surface area contributed by atoms with Gasteiger partial charge in [0.15, 0.2) is 5.78 Å². The van der Waals surface area contributed by atoms with Crippen molar-refractivity contribution in [1.29, 1.82) is 0 Å². The van der Waals surface area contributed by atoms with Crippen molar-refractivity contribution in [2.24, 2.45) is 11.3 Å². The molecule has 0 N–H and O–H groups in total. The number of carbonyl (C=O) groups is 2. The van der Waals surface area contributed by atoms with Crippen LogP contribution < -0.4 is 0 Å². The Morgan fingerprint density at radius 2 is 1.62 bits per heavy atom. The summed E-state index contributed by atoms with van der Waals surface area (Å²) in [6.45, 7) is 0. The van der Waals surface area contributed by atoms with Crippen molar-refractivity contribution in [1.82, 2.24) is 0 Å². The Morgan fingerprint density at radius 3 is 2.27 bits per heavy atom. The van der Waals surface area contributed by atoms with Gasteiger partial charge >= 0.3 is 0 Å². The van der Waals surface area contributed by atoms with E-state index in [1.54, 1.807) is 0 Å². The van der Waals surface area contributed by atoms with Crippen LogP contribution in [0.25, 0.3) is 6.08 Å². The third-order valence-electron chi connectivity index (χ3n) is 6.09. The van der Waals surface area contributed by atoms with E-state index in [1.165, 1.54) is 0 Å². The van der Waals surface area contributed by atoms with Gasteiger partial charge in [-0.1, -0.05) is 60.7 Å². The minimum absolute atomic E-state index is 0.160. The molecule has 132 valence electrons. The average molecular weight is 344 g/mol. The number of rotatable bonds is 4. The van der Waals surface area contributed by atoms with E-state index in [2.05, 4.69) is 12.1 Å². The first-order valence-corrected chi connectivity index (χ1v) is 9.56. The maximum absolute atomic E-state index is 13.2. The number of Topliss-reactive ketones (excluding diaryl/α,β-unsaturated/α-hetero) is 2. The second-order valence-electron chi connectivity index (χ2n) is 7.63. The van der Waals surface area contributed by atoms with Gasteiger partial charge in [0.2, 0.25) is 0 Å². The maximum atomic E-state index is 13.2. The molecule has 2 atom stereocenters. The lowest BCUT2D eigenvalue weighted by molar-refractivity contribution is -0.134. The van der Waals surface area contributed by atoms with Crippen LogP contribution in [0.4, 0.5) is 0 Å². The minimum Gasteiger partial charge on any atom is -0.299 e. The zero-order valence-corrected chi connectivity index (χ0v) is 15.0. The maximum Gasteiger partial charge on any atom is 0.162 e. The molecule has 2 fully saturated rings. The first kappa shape index (κ1) is 17.0. The Kier molecular flexibility index (Phi) is 4.58. The SMILES string of the molecule is O=C1C(=Cc2ccccc2)CCC1C1(Cc2ccccc2)CCCC1=O. The summed E-state index contributed by atoms with van der Waals surface area (Å²) in [5.41, 5.74) is 2.61. The smallest absolute Gasteiger partial charge is 0.162 e. The van der Waals surface area contributed by atoms with Crippen LogP contribution in [0.5, 0.6) is 0 Å². The van der Waals surface area contributed by atoms with Gasteiger partial charge in [0.05, 0.1) is 0 Å². The third-order valence-corrected chi connectivity index (χ3v) is 6.09. The number of hydrogen-bond acceptors (Lipinski definition) is 2. The van der Waals surface area contributed by atoms with Crippen molar-refractivity contribution < 1.29 is 9.59 Å². The van der Waals surface area contributed by atoms with Crippen LogP contribution in [0.15, 0.2) is 66.2 Å². The predicted octanol–water partition coefficient (Wildman–Crippen LogP) is 5.03. The summed E-state index contributed by atoms with van der Waals surface area (Å²) in [5, 5.41) is 0. The summed E-state index contributed by atoms with van der Waals surface area (Å²) in [7, 11) is 0. The molecule has 2 unspecified atom stereocenters. The van der Waals surface area contributed by atoms with Crippen LogP contribution in [0, 0.1) is 11.3 Å². The number of hydrogen-bond donors (Lipinski definition) is 0. The normalized spacial score (nSPS) is 27.4. The fraction of sp³-hybridized carbons (Fsp3) is 0.333. The zero-order valence-electron chi connectivity index (χ0n) is 15.0. The molecule has 2 aliphatic rings. The highest BCUT2D eigenvalue weighted by Gasteiger charge is 2.52. The van der Waals surface area contributed by atoms with Crippen molar-refractivity contribution in [3.63, 3.8) is 0 Å². The molecule has 0 heterocycles. The van der Waals surface area contributed by atoms with E-state index in [0.29, 0.717) is 18.6 Å². The van der Waals surface area contributed by atoms with Crippen LogP contribution in [-0.4, -0.2) is 11.6 Å². The van der Waals surface area contributed by atoms with Crippen molar-refractivity contribution in [3.05, 3.63) is 77.4 Å². The highest BCUT2D eigenvalue weighted by molar-refractivity contribution is 6.06. The Hall–Kier alpha value is -2.48. The van der Waals surface area contributed by atoms with Crippen molar-refractivity contribution in [2.75, 3.05) is 0 Å². The first-order chi connectivity index (χ1) is 12.7. The van der Waals surface area contributed by atoms with E-state index in [9.17, 15) is 9.59 Å². The van der Waals surface area contributed by atoms with E-state index in [0.717, 1.165) is 42.4 Å². The molecule has 0 amide bonds. The second kappa shape index (κ2) is 7.03. The fourth-order valence-corrected chi connectivity index (χ4v) is 4.79. The molecule has 26 heavy (non-hydrogen) atoms. The topological polar surface area (TPSA) is 34.1 Å². The Bertz CT molecular complexity index is 835. The van der Waals surface area contributed by atoms with Gasteiger partial charge in [0.25, 0.3) is 0 Å². The Labute approximate surface area is 154 Å². The van der Waals surface area contributed by atoms with E-state index < -0.39 is 5.41 Å². The summed E-state index contributed by atoms with van der Waals surface area (Å²) in [6, 6.07) is 20.2. The van der Waals surface area contributed by atoms with Gasteiger partial charge in [0.1, 0.15) is 5.78 Å². The third kappa shape index (κ3) is 3.05. The molecule has 0 bridgehead atoms. The molecule has 2 saturated carbocycles. The average Bonchev–Trinajstić information content (AvgIpc) is 3.21. The van der Waals surface area contributed by atoms with Gasteiger partial charge in [0, 0.05) is 17.8 Å². The van der Waals surface area contributed by atoms with Gasteiger partial charge < -0.3 is 0 Å². The van der Waals surface area contributed by atoms with Crippen LogP contribution >= 0.6 is 0 Å². The molecule has 0 spiro atoms. The van der Waals surface area contributed by atoms with Crippen molar-refractivity contribution in [2.45, 2.75) is 38.5 Å². The molecule has 0 aromatic heterocycles. The van der Waals surface area contributed by atoms with Gasteiger partial charge in [-0.3, -0.25) is 9.59 Å². The summed E-state index contributed by atoms with van der Waals surface area (Å²) in [5.74, 6) is 0.327. The molecule has 2 aliphatic carbocycles. The van der Waals surface area contributed by atoms with Gasteiger partial charge in [-0.2, -0.15) is 0 Å². The molecule has 2 aromatic rings. The van der Waals surface area contributed by atoms with Crippen LogP contribution in [0.1, 0.15) is 43.2 Å². The predicted molar refractivity (Wildman–Crippen MR) is 104 cm³/mol. The number of allylic oxidation sites excluding steroid dienone is 1. The monoisotopic (exact) mass is 344 g/mol. The molecule has 0 radical (unpaired) electrons. The number of ketones is 2. The molecule has 0 saturated heterocycles. The van der Waals surface area contributed by atoms with E-state index in [-0.39, 0.29) is 11.7 Å². The zero-order chi connectivity index (χ0) is 18.0. The Balaban J connectivity index is 1.64. The molecular weight excluding hydrogens is 320 g/mol. The van der Waals surface area contributed by atoms with E-state index >= 15 is 0 Å². The fourth-order valence-electron chi connectivity index (χ4n) is 4.79. The van der Waals surface area contributed by atoms with Crippen molar-refractivity contribution in [3.8, 4) is 0 Å². The molecular formula is C24H24O2. The molecule has 2 aromatic carbocycles. The minimum atomic E-state index is -0.495. The lowest BCUT2D eigenvalue weighted by atomic mass is 9.68. The van der Waals surface area contributed by atoms with Gasteiger partial charge in [-0.15, -0.1) is 0 Å². The van der Waals surface area contributed by atoms with E-state index in [1.807, 2.05) is 54.6 Å². The Morgan fingerprint density at radius 1 is 0.923 bits per heavy atom. The van der Waals surface area contributed by atoms with Crippen LogP contribution in [0.3, 0.4) is 0 Å². The number of benzene rings is 2. The summed E-state index contributed by atoms with van der Waals surface area (Å²) < 4.78 is 0. The van der Waals surface area contributed by atoms with Crippen molar-refractivity contribution >= 4 is 17.6 Å². The summed E-state index contributed by atoms with van der Waals surface area (Å²) in [4.78, 5) is 26.1. The molecule has 2 nitrogen and oxygen atoms in total. The lowest BCUT2D eigenvalue weighted by Gasteiger charge is -2.33. The number of carbonyl (C=O) groups excluding carboxylic acids is 2. The highest BCUT2D eigenvalue weighted by atomic mass is 16.1. The van der Waals surface area contributed by atoms with E-state index in [4.69, 9.17) is 0 Å². The second-order valence-corrected chi connectivity index (χ2v) is 7.63. The molecule has 0 aliphatic heterocycles. The lowest BCUT2D eigenvalue weighted by Crippen LogP contribution is -2.39. The summed E-state index contributed by atoms with van der Waals surface area (Å²) in [6.07, 6.45) is 6.66. The molecule has 4 rings (SSSR count). The largest absolute Gasteiger partial charge is 0.299 e. The summed E-state index contributed by atoms with van der Waals surface area (Å²) >= 11 is 0. The first-order valence-electron chi connectivity index (χ1n) is 9.56. The highest BCUT2D eigenvalue weighted by Crippen LogP contribution is 2.50. The quantitative estimate of drug-likeness (QED) is 0.729. The standard InChI is InChI=1S/C24H24O2/c25-22-12-7-15-24(22,17-19-10-5-2-6-11-19)21-14-13-20(23(21)26)16-18-8-3-1-4-9-18/h1-6,8-11,16,21H,7,12-15,17H2. The van der Waals surface area contributed by atoms with Crippen LogP contribution in [-0.2, 0) is 16.0 Å². The van der Waals surface area contributed by atoms with Gasteiger partial charge in [-0.25, -0.2) is 0 Å².